The monoisotopic (exact) mass is 288 g/mol. The first-order chi connectivity index (χ1) is 10.1. The molecular weight excluding hydrogens is 274 g/mol. The van der Waals surface area contributed by atoms with Gasteiger partial charge in [-0.25, -0.2) is 8.78 Å². The molecule has 2 aromatic rings. The first-order valence-electron chi connectivity index (χ1n) is 6.67. The number of nitrogens with two attached hydrogens (primary N) is 1. The van der Waals surface area contributed by atoms with Crippen molar-refractivity contribution in [1.82, 2.24) is 4.90 Å². The Hall–Kier alpha value is -2.43. The van der Waals surface area contributed by atoms with Crippen molar-refractivity contribution in [2.24, 2.45) is 0 Å². The van der Waals surface area contributed by atoms with Gasteiger partial charge in [0, 0.05) is 13.1 Å². The summed E-state index contributed by atoms with van der Waals surface area (Å²) in [4.78, 5) is 13.9. The second kappa shape index (κ2) is 5.16. The molecule has 1 aliphatic rings. The first kappa shape index (κ1) is 13.5. The number of anilines is 1. The molecule has 1 heterocycles. The van der Waals surface area contributed by atoms with Crippen molar-refractivity contribution in [3.63, 3.8) is 0 Å². The van der Waals surface area contributed by atoms with Crippen molar-refractivity contribution < 1.29 is 13.6 Å². The molecule has 0 aromatic heterocycles. The van der Waals surface area contributed by atoms with E-state index < -0.39 is 17.5 Å². The standard InChI is InChI=1S/C16H14F2N2O/c17-12-7-13(15(18)14(19)8-12)16(21)20-6-5-10-3-1-2-4-11(10)9-20/h1-4,7-8H,5-6,9,19H2. The summed E-state index contributed by atoms with van der Waals surface area (Å²) in [6.45, 7) is 0.872. The van der Waals surface area contributed by atoms with E-state index in [1.165, 1.54) is 10.5 Å². The SMILES string of the molecule is Nc1cc(F)cc(C(=O)N2CCc3ccccc3C2)c1F. The van der Waals surface area contributed by atoms with Crippen LogP contribution in [0, 0.1) is 11.6 Å². The van der Waals surface area contributed by atoms with Gasteiger partial charge in [0.1, 0.15) is 5.82 Å². The third kappa shape index (κ3) is 2.46. The molecule has 108 valence electrons. The van der Waals surface area contributed by atoms with E-state index in [4.69, 9.17) is 5.73 Å². The predicted octanol–water partition coefficient (Wildman–Crippen LogP) is 2.75. The molecule has 0 spiro atoms. The van der Waals surface area contributed by atoms with Crippen molar-refractivity contribution in [2.45, 2.75) is 13.0 Å². The van der Waals surface area contributed by atoms with Crippen LogP contribution in [-0.4, -0.2) is 17.4 Å². The lowest BCUT2D eigenvalue weighted by Crippen LogP contribution is -2.36. The van der Waals surface area contributed by atoms with Crippen molar-refractivity contribution in [1.29, 1.82) is 0 Å². The number of rotatable bonds is 1. The number of nitrogen functional groups attached to an aromatic ring is 1. The molecule has 2 aromatic carbocycles. The van der Waals surface area contributed by atoms with E-state index in [-0.39, 0.29) is 11.3 Å². The fourth-order valence-corrected chi connectivity index (χ4v) is 2.61. The van der Waals surface area contributed by atoms with Gasteiger partial charge >= 0.3 is 0 Å². The molecule has 0 saturated carbocycles. The smallest absolute Gasteiger partial charge is 0.257 e. The third-order valence-corrected chi connectivity index (χ3v) is 3.71. The molecule has 0 radical (unpaired) electrons. The first-order valence-corrected chi connectivity index (χ1v) is 6.67. The number of hydrogen-bond donors (Lipinski definition) is 1. The summed E-state index contributed by atoms with van der Waals surface area (Å²) >= 11 is 0. The topological polar surface area (TPSA) is 46.3 Å². The summed E-state index contributed by atoms with van der Waals surface area (Å²) in [5, 5.41) is 0. The fraction of sp³-hybridized carbons (Fsp3) is 0.188. The highest BCUT2D eigenvalue weighted by molar-refractivity contribution is 5.95. The Morgan fingerprint density at radius 3 is 2.62 bits per heavy atom. The molecule has 3 rings (SSSR count). The van der Waals surface area contributed by atoms with Crippen molar-refractivity contribution in [2.75, 3.05) is 12.3 Å². The van der Waals surface area contributed by atoms with Gasteiger partial charge in [-0.1, -0.05) is 24.3 Å². The summed E-state index contributed by atoms with van der Waals surface area (Å²) in [6.07, 6.45) is 0.703. The zero-order valence-corrected chi connectivity index (χ0v) is 11.3. The van der Waals surface area contributed by atoms with Gasteiger partial charge < -0.3 is 10.6 Å². The average molecular weight is 288 g/mol. The lowest BCUT2D eigenvalue weighted by Gasteiger charge is -2.29. The van der Waals surface area contributed by atoms with E-state index >= 15 is 0 Å². The van der Waals surface area contributed by atoms with Crippen LogP contribution < -0.4 is 5.73 Å². The molecule has 1 aliphatic heterocycles. The zero-order chi connectivity index (χ0) is 15.0. The maximum atomic E-state index is 13.9. The molecule has 0 atom stereocenters. The van der Waals surface area contributed by atoms with Crippen LogP contribution in [0.5, 0.6) is 0 Å². The lowest BCUT2D eigenvalue weighted by molar-refractivity contribution is 0.0729. The average Bonchev–Trinajstić information content (AvgIpc) is 2.49. The van der Waals surface area contributed by atoms with Crippen LogP contribution in [0.25, 0.3) is 0 Å². The predicted molar refractivity (Wildman–Crippen MR) is 75.7 cm³/mol. The van der Waals surface area contributed by atoms with Gasteiger partial charge in [0.25, 0.3) is 5.91 Å². The molecule has 0 fully saturated rings. The molecular formula is C16H14F2N2O. The van der Waals surface area contributed by atoms with E-state index in [1.807, 2.05) is 24.3 Å². The van der Waals surface area contributed by atoms with E-state index in [2.05, 4.69) is 0 Å². The largest absolute Gasteiger partial charge is 0.396 e. The van der Waals surface area contributed by atoms with Crippen LogP contribution in [0.15, 0.2) is 36.4 Å². The maximum absolute atomic E-state index is 13.9. The van der Waals surface area contributed by atoms with Gasteiger partial charge in [-0.05, 0) is 29.7 Å². The zero-order valence-electron chi connectivity index (χ0n) is 11.3. The number of carbonyl (C=O) groups is 1. The minimum atomic E-state index is -0.861. The van der Waals surface area contributed by atoms with Crippen molar-refractivity contribution >= 4 is 11.6 Å². The van der Waals surface area contributed by atoms with Gasteiger partial charge in [0.05, 0.1) is 11.3 Å². The number of fused-ring (bicyclic) bond motifs is 1. The van der Waals surface area contributed by atoms with Crippen LogP contribution in [-0.2, 0) is 13.0 Å². The van der Waals surface area contributed by atoms with Gasteiger partial charge in [-0.3, -0.25) is 4.79 Å². The van der Waals surface area contributed by atoms with Crippen LogP contribution in [0.2, 0.25) is 0 Å². The quantitative estimate of drug-likeness (QED) is 0.820. The summed E-state index contributed by atoms with van der Waals surface area (Å²) in [5.41, 5.74) is 6.93. The summed E-state index contributed by atoms with van der Waals surface area (Å²) in [7, 11) is 0. The van der Waals surface area contributed by atoms with E-state index in [1.54, 1.807) is 0 Å². The Morgan fingerprint density at radius 2 is 1.86 bits per heavy atom. The minimum Gasteiger partial charge on any atom is -0.396 e. The highest BCUT2D eigenvalue weighted by Gasteiger charge is 2.25. The van der Waals surface area contributed by atoms with Crippen LogP contribution >= 0.6 is 0 Å². The van der Waals surface area contributed by atoms with Crippen LogP contribution in [0.4, 0.5) is 14.5 Å². The molecule has 0 aliphatic carbocycles. The number of benzene rings is 2. The molecule has 3 nitrogen and oxygen atoms in total. The number of amides is 1. The Balaban J connectivity index is 1.91. The summed E-state index contributed by atoms with van der Waals surface area (Å²) < 4.78 is 27.3. The second-order valence-electron chi connectivity index (χ2n) is 5.10. The second-order valence-corrected chi connectivity index (χ2v) is 5.10. The van der Waals surface area contributed by atoms with Crippen LogP contribution in [0.1, 0.15) is 21.5 Å². The molecule has 0 bridgehead atoms. The lowest BCUT2D eigenvalue weighted by atomic mass is 9.99. The number of halogens is 2. The molecule has 1 amide bonds. The van der Waals surface area contributed by atoms with E-state index in [0.717, 1.165) is 17.7 Å². The number of hydrogen-bond acceptors (Lipinski definition) is 2. The maximum Gasteiger partial charge on any atom is 0.257 e. The molecule has 2 N–H and O–H groups in total. The third-order valence-electron chi connectivity index (χ3n) is 3.71. The number of nitrogens with zero attached hydrogens (tertiary/aromatic N) is 1. The van der Waals surface area contributed by atoms with Crippen molar-refractivity contribution in [3.05, 3.63) is 64.7 Å². The van der Waals surface area contributed by atoms with E-state index in [0.29, 0.717) is 19.5 Å². The van der Waals surface area contributed by atoms with Gasteiger partial charge in [-0.2, -0.15) is 0 Å². The fourth-order valence-electron chi connectivity index (χ4n) is 2.61. The normalized spacial score (nSPS) is 13.9. The van der Waals surface area contributed by atoms with E-state index in [9.17, 15) is 13.6 Å². The molecule has 0 saturated heterocycles. The minimum absolute atomic E-state index is 0.313. The molecule has 0 unspecified atom stereocenters. The Labute approximate surface area is 121 Å². The highest BCUT2D eigenvalue weighted by atomic mass is 19.1. The molecule has 21 heavy (non-hydrogen) atoms. The van der Waals surface area contributed by atoms with Gasteiger partial charge in [-0.15, -0.1) is 0 Å². The van der Waals surface area contributed by atoms with Gasteiger partial charge in [0.15, 0.2) is 5.82 Å². The highest BCUT2D eigenvalue weighted by Crippen LogP contribution is 2.23. The Morgan fingerprint density at radius 1 is 1.14 bits per heavy atom. The van der Waals surface area contributed by atoms with Crippen LogP contribution in [0.3, 0.4) is 0 Å². The molecule has 5 heteroatoms. The van der Waals surface area contributed by atoms with Crippen molar-refractivity contribution in [3.8, 4) is 0 Å². The van der Waals surface area contributed by atoms with Gasteiger partial charge in [0.2, 0.25) is 0 Å². The Bertz CT molecular complexity index is 715. The number of carbonyl (C=O) groups excluding carboxylic acids is 1. The summed E-state index contributed by atoms with van der Waals surface area (Å²) in [5.74, 6) is -2.11. The Kier molecular flexibility index (Phi) is 3.33. The summed E-state index contributed by atoms with van der Waals surface area (Å²) in [6, 6.07) is 9.56.